The molecule has 0 atom stereocenters. The Hall–Kier alpha value is -4.61. The van der Waals surface area contributed by atoms with Crippen LogP contribution in [-0.4, -0.2) is 26.5 Å². The largest absolute Gasteiger partial charge is 0.453 e. The first-order valence-electron chi connectivity index (χ1n) is 9.85. The number of carbonyl (C=O) groups is 1. The van der Waals surface area contributed by atoms with Gasteiger partial charge in [0.1, 0.15) is 17.2 Å². The highest BCUT2D eigenvalue weighted by Gasteiger charge is 2.29. The number of aromatic nitrogens is 1. The fourth-order valence-electron chi connectivity index (χ4n) is 3.54. The molecule has 168 valence electrons. The lowest BCUT2D eigenvalue weighted by atomic mass is 9.93. The van der Waals surface area contributed by atoms with Crippen molar-refractivity contribution in [3.8, 4) is 5.75 Å². The number of aryl methyl sites for hydroxylation is 1. The van der Waals surface area contributed by atoms with E-state index < -0.39 is 27.2 Å². The van der Waals surface area contributed by atoms with E-state index in [0.29, 0.717) is 41.9 Å². The van der Waals surface area contributed by atoms with E-state index in [1.54, 1.807) is 25.3 Å². The number of hydrogen-bond acceptors (Lipinski definition) is 10. The van der Waals surface area contributed by atoms with Crippen LogP contribution in [0.4, 0.5) is 17.1 Å². The van der Waals surface area contributed by atoms with Crippen LogP contribution >= 0.6 is 0 Å². The number of esters is 1. The van der Waals surface area contributed by atoms with Gasteiger partial charge in [-0.05, 0) is 38.0 Å². The molecule has 2 aromatic heterocycles. The van der Waals surface area contributed by atoms with Gasteiger partial charge in [-0.25, -0.2) is 4.79 Å². The predicted octanol–water partition coefficient (Wildman–Crippen LogP) is 4.17. The molecule has 1 N–H and O–H groups in total. The second kappa shape index (κ2) is 8.86. The van der Waals surface area contributed by atoms with Gasteiger partial charge in [-0.2, -0.15) is 5.10 Å². The highest BCUT2D eigenvalue weighted by atomic mass is 16.6. The lowest BCUT2D eigenvalue weighted by Gasteiger charge is -2.13. The van der Waals surface area contributed by atoms with Gasteiger partial charge in [0, 0.05) is 29.8 Å². The molecule has 0 radical (unpaired) electrons. The van der Waals surface area contributed by atoms with E-state index in [1.807, 2.05) is 0 Å². The monoisotopic (exact) mass is 451 g/mol. The Morgan fingerprint density at radius 2 is 2.03 bits per heavy atom. The molecule has 12 nitrogen and oxygen atoms in total. The van der Waals surface area contributed by atoms with Crippen LogP contribution in [0.3, 0.4) is 0 Å². The minimum atomic E-state index is -0.725. The number of furan rings is 1. The second-order valence-electron chi connectivity index (χ2n) is 7.17. The Balaban J connectivity index is 1.63. The standard InChI is InChI=1S/C21H17N5O7/c1-12-19-16(24-23-15-8-7-13(25(28)29)10-17(15)26(30)31)5-2-6-18(19)33-20(12)21(27)32-14-4-3-9-22-11-14/h3-4,7-11,23H,2,5-6H2,1H3/b24-16+. The number of fused-ring (bicyclic) bond motifs is 1. The first kappa shape index (κ1) is 21.6. The molecule has 0 saturated heterocycles. The van der Waals surface area contributed by atoms with Crippen molar-refractivity contribution in [2.45, 2.75) is 26.2 Å². The summed E-state index contributed by atoms with van der Waals surface area (Å²) in [6.07, 6.45) is 4.79. The zero-order valence-corrected chi connectivity index (χ0v) is 17.3. The number of hydrogen-bond donors (Lipinski definition) is 1. The van der Waals surface area contributed by atoms with Crippen LogP contribution in [-0.2, 0) is 6.42 Å². The predicted molar refractivity (Wildman–Crippen MR) is 115 cm³/mol. The van der Waals surface area contributed by atoms with Gasteiger partial charge < -0.3 is 9.15 Å². The number of benzene rings is 1. The second-order valence-corrected chi connectivity index (χ2v) is 7.17. The minimum Gasteiger partial charge on any atom is -0.453 e. The van der Waals surface area contributed by atoms with E-state index in [2.05, 4.69) is 15.5 Å². The number of nitrogens with one attached hydrogen (secondary N) is 1. The summed E-state index contributed by atoms with van der Waals surface area (Å²) >= 11 is 0. The summed E-state index contributed by atoms with van der Waals surface area (Å²) in [6, 6.07) is 6.47. The first-order valence-corrected chi connectivity index (χ1v) is 9.85. The molecule has 0 fully saturated rings. The molecule has 1 aliphatic carbocycles. The van der Waals surface area contributed by atoms with Crippen molar-refractivity contribution in [2.24, 2.45) is 5.10 Å². The number of nitrogens with zero attached hydrogens (tertiary/aromatic N) is 4. The smallest absolute Gasteiger partial charge is 0.379 e. The number of pyridine rings is 1. The molecule has 0 aliphatic heterocycles. The third kappa shape index (κ3) is 4.39. The zero-order chi connectivity index (χ0) is 23.5. The molecule has 3 aromatic rings. The third-order valence-electron chi connectivity index (χ3n) is 5.06. The maximum atomic E-state index is 12.6. The number of rotatable bonds is 6. The number of anilines is 1. The van der Waals surface area contributed by atoms with Gasteiger partial charge in [-0.3, -0.25) is 30.6 Å². The number of nitro benzene ring substituents is 2. The number of non-ortho nitro benzene ring substituents is 1. The molecule has 1 aromatic carbocycles. The molecule has 0 spiro atoms. The van der Waals surface area contributed by atoms with Crippen LogP contribution in [0.25, 0.3) is 0 Å². The molecule has 1 aliphatic rings. The fourth-order valence-corrected chi connectivity index (χ4v) is 3.54. The van der Waals surface area contributed by atoms with Gasteiger partial charge in [0.15, 0.2) is 0 Å². The van der Waals surface area contributed by atoms with Crippen LogP contribution in [0.1, 0.15) is 40.3 Å². The average molecular weight is 451 g/mol. The molecule has 0 saturated carbocycles. The van der Waals surface area contributed by atoms with Gasteiger partial charge >= 0.3 is 11.7 Å². The van der Waals surface area contributed by atoms with Crippen LogP contribution < -0.4 is 10.2 Å². The summed E-state index contributed by atoms with van der Waals surface area (Å²) in [6.45, 7) is 1.71. The van der Waals surface area contributed by atoms with Crippen LogP contribution in [0.5, 0.6) is 5.75 Å². The van der Waals surface area contributed by atoms with Crippen molar-refractivity contribution < 1.29 is 23.8 Å². The van der Waals surface area contributed by atoms with E-state index >= 15 is 0 Å². The number of ether oxygens (including phenoxy) is 1. The van der Waals surface area contributed by atoms with Crippen LogP contribution in [0.2, 0.25) is 0 Å². The maximum Gasteiger partial charge on any atom is 0.379 e. The zero-order valence-electron chi connectivity index (χ0n) is 17.3. The summed E-state index contributed by atoms with van der Waals surface area (Å²) in [4.78, 5) is 37.4. The van der Waals surface area contributed by atoms with Gasteiger partial charge in [0.2, 0.25) is 5.76 Å². The minimum absolute atomic E-state index is 0.00239. The molecule has 0 amide bonds. The average Bonchev–Trinajstić information content (AvgIpc) is 3.15. The van der Waals surface area contributed by atoms with Gasteiger partial charge in [0.05, 0.1) is 27.8 Å². The van der Waals surface area contributed by atoms with Gasteiger partial charge in [0.25, 0.3) is 5.69 Å². The summed E-state index contributed by atoms with van der Waals surface area (Å²) < 4.78 is 11.1. The van der Waals surface area contributed by atoms with Crippen molar-refractivity contribution in [1.82, 2.24) is 4.98 Å². The fraction of sp³-hybridized carbons (Fsp3) is 0.190. The van der Waals surface area contributed by atoms with Crippen molar-refractivity contribution in [2.75, 3.05) is 5.43 Å². The third-order valence-corrected chi connectivity index (χ3v) is 5.06. The summed E-state index contributed by atoms with van der Waals surface area (Å²) in [5.41, 5.74) is 3.48. The summed E-state index contributed by atoms with van der Waals surface area (Å²) in [7, 11) is 0. The molecule has 33 heavy (non-hydrogen) atoms. The Bertz CT molecular complexity index is 1280. The number of nitro groups is 2. The lowest BCUT2D eigenvalue weighted by Crippen LogP contribution is -2.14. The highest BCUT2D eigenvalue weighted by Crippen LogP contribution is 2.32. The molecule has 0 unspecified atom stereocenters. The van der Waals surface area contributed by atoms with Gasteiger partial charge in [-0.15, -0.1) is 0 Å². The van der Waals surface area contributed by atoms with E-state index in [9.17, 15) is 25.0 Å². The molecule has 0 bridgehead atoms. The van der Waals surface area contributed by atoms with Crippen molar-refractivity contribution in [3.63, 3.8) is 0 Å². The van der Waals surface area contributed by atoms with E-state index in [0.717, 1.165) is 12.1 Å². The highest BCUT2D eigenvalue weighted by molar-refractivity contribution is 6.06. The van der Waals surface area contributed by atoms with E-state index in [1.165, 1.54) is 12.3 Å². The van der Waals surface area contributed by atoms with Crippen molar-refractivity contribution >= 4 is 28.7 Å². The van der Waals surface area contributed by atoms with Crippen LogP contribution in [0.15, 0.2) is 52.2 Å². The Morgan fingerprint density at radius 3 is 2.73 bits per heavy atom. The van der Waals surface area contributed by atoms with Gasteiger partial charge in [-0.1, -0.05) is 0 Å². The molecule has 4 rings (SSSR count). The topological polar surface area (TPSA) is 163 Å². The first-order chi connectivity index (χ1) is 15.8. The molecule has 12 heteroatoms. The Morgan fingerprint density at radius 1 is 1.21 bits per heavy atom. The Labute approximate surface area is 186 Å². The van der Waals surface area contributed by atoms with Crippen molar-refractivity contribution in [3.05, 3.63) is 85.6 Å². The molecular formula is C21H17N5O7. The normalized spacial score (nSPS) is 13.9. The summed E-state index contributed by atoms with van der Waals surface area (Å²) in [5, 5.41) is 26.6. The molecule has 2 heterocycles. The quantitative estimate of drug-likeness (QED) is 0.329. The maximum absolute atomic E-state index is 12.6. The number of hydrazone groups is 1. The lowest BCUT2D eigenvalue weighted by molar-refractivity contribution is -0.393. The molecular weight excluding hydrogens is 434 g/mol. The Kier molecular flexibility index (Phi) is 5.81. The van der Waals surface area contributed by atoms with E-state index in [-0.39, 0.29) is 17.2 Å². The SMILES string of the molecule is Cc1c(C(=O)Oc2cccnc2)oc2c1/C(=N/Nc1ccc([N+](=O)[O-])cc1[N+](=O)[O-])CCC2. The van der Waals surface area contributed by atoms with Crippen LogP contribution in [0, 0.1) is 27.2 Å². The number of carbonyl (C=O) groups excluding carboxylic acids is 1. The van der Waals surface area contributed by atoms with Crippen molar-refractivity contribution in [1.29, 1.82) is 0 Å². The van der Waals surface area contributed by atoms with E-state index in [4.69, 9.17) is 9.15 Å². The summed E-state index contributed by atoms with van der Waals surface area (Å²) in [5.74, 6) is 0.209.